The molecule has 2 N–H and O–H groups in total. The maximum absolute atomic E-state index is 5.68. The van der Waals surface area contributed by atoms with E-state index in [0.29, 0.717) is 13.2 Å². The standard InChI is InChI=1S/C16H24N6O2/c1-17-16(19-11-15-20-12-21-22(15)2)18-9-4-10-24-14-7-5-13(23-3)6-8-14/h5-8,12H,4,9-11H2,1-3H3,(H2,17,18,19). The Bertz CT molecular complexity index is 638. The van der Waals surface area contributed by atoms with Crippen LogP contribution in [0.25, 0.3) is 0 Å². The van der Waals surface area contributed by atoms with Crippen LogP contribution in [0.5, 0.6) is 11.5 Å². The van der Waals surface area contributed by atoms with Crippen LogP contribution in [0.15, 0.2) is 35.6 Å². The summed E-state index contributed by atoms with van der Waals surface area (Å²) in [6.07, 6.45) is 2.39. The molecule has 0 radical (unpaired) electrons. The fourth-order valence-corrected chi connectivity index (χ4v) is 2.00. The van der Waals surface area contributed by atoms with E-state index in [1.54, 1.807) is 18.8 Å². The van der Waals surface area contributed by atoms with E-state index < -0.39 is 0 Å². The van der Waals surface area contributed by atoms with E-state index >= 15 is 0 Å². The van der Waals surface area contributed by atoms with Crippen molar-refractivity contribution in [2.45, 2.75) is 13.0 Å². The van der Waals surface area contributed by atoms with Crippen molar-refractivity contribution in [3.63, 3.8) is 0 Å². The van der Waals surface area contributed by atoms with E-state index in [4.69, 9.17) is 9.47 Å². The molecule has 2 aromatic rings. The molecule has 8 heteroatoms. The lowest BCUT2D eigenvalue weighted by Gasteiger charge is -2.12. The van der Waals surface area contributed by atoms with E-state index in [1.807, 2.05) is 31.3 Å². The molecule has 2 rings (SSSR count). The van der Waals surface area contributed by atoms with Gasteiger partial charge in [0.15, 0.2) is 5.96 Å². The van der Waals surface area contributed by atoms with E-state index in [9.17, 15) is 0 Å². The van der Waals surface area contributed by atoms with Crippen LogP contribution in [-0.4, -0.2) is 48.0 Å². The number of ether oxygens (including phenoxy) is 2. The molecule has 24 heavy (non-hydrogen) atoms. The largest absolute Gasteiger partial charge is 0.497 e. The molecule has 0 amide bonds. The third-order valence-corrected chi connectivity index (χ3v) is 3.38. The summed E-state index contributed by atoms with van der Waals surface area (Å²) in [5.41, 5.74) is 0. The van der Waals surface area contributed by atoms with Crippen molar-refractivity contribution in [3.05, 3.63) is 36.4 Å². The monoisotopic (exact) mass is 332 g/mol. The quantitative estimate of drug-likeness (QED) is 0.425. The van der Waals surface area contributed by atoms with Gasteiger partial charge in [0.25, 0.3) is 0 Å². The molecule has 0 aliphatic heterocycles. The van der Waals surface area contributed by atoms with Gasteiger partial charge in [-0.1, -0.05) is 0 Å². The molecule has 0 saturated carbocycles. The first kappa shape index (κ1) is 17.6. The highest BCUT2D eigenvalue weighted by Gasteiger charge is 2.02. The summed E-state index contributed by atoms with van der Waals surface area (Å²) in [4.78, 5) is 8.33. The van der Waals surface area contributed by atoms with Crippen LogP contribution in [0.1, 0.15) is 12.2 Å². The Kier molecular flexibility index (Phi) is 6.88. The van der Waals surface area contributed by atoms with Crippen LogP contribution in [0, 0.1) is 0 Å². The summed E-state index contributed by atoms with van der Waals surface area (Å²) in [6, 6.07) is 7.55. The van der Waals surface area contributed by atoms with Gasteiger partial charge in [0.2, 0.25) is 0 Å². The molecule has 0 spiro atoms. The van der Waals surface area contributed by atoms with Gasteiger partial charge in [-0.15, -0.1) is 0 Å². The zero-order valence-corrected chi connectivity index (χ0v) is 14.3. The van der Waals surface area contributed by atoms with Gasteiger partial charge < -0.3 is 20.1 Å². The van der Waals surface area contributed by atoms with E-state index in [-0.39, 0.29) is 0 Å². The van der Waals surface area contributed by atoms with E-state index in [0.717, 1.165) is 36.2 Å². The second kappa shape index (κ2) is 9.39. The molecule has 0 saturated heterocycles. The minimum absolute atomic E-state index is 0.568. The molecule has 0 bridgehead atoms. The number of guanidine groups is 1. The lowest BCUT2D eigenvalue weighted by Crippen LogP contribution is -2.38. The van der Waals surface area contributed by atoms with Crippen molar-refractivity contribution in [1.82, 2.24) is 25.4 Å². The number of benzene rings is 1. The molecule has 0 aliphatic rings. The van der Waals surface area contributed by atoms with Crippen molar-refractivity contribution < 1.29 is 9.47 Å². The summed E-state index contributed by atoms with van der Waals surface area (Å²) in [6.45, 7) is 1.95. The van der Waals surface area contributed by atoms with Gasteiger partial charge in [-0.25, -0.2) is 4.98 Å². The Hall–Kier alpha value is -2.77. The van der Waals surface area contributed by atoms with Gasteiger partial charge in [-0.2, -0.15) is 5.10 Å². The predicted molar refractivity (Wildman–Crippen MR) is 92.3 cm³/mol. The number of rotatable bonds is 8. The molecule has 0 aliphatic carbocycles. The van der Waals surface area contributed by atoms with Crippen LogP contribution >= 0.6 is 0 Å². The second-order valence-electron chi connectivity index (χ2n) is 5.03. The zero-order chi connectivity index (χ0) is 17.2. The highest BCUT2D eigenvalue weighted by Crippen LogP contribution is 2.16. The topological polar surface area (TPSA) is 85.6 Å². The Labute approximate surface area is 141 Å². The minimum atomic E-state index is 0.568. The molecule has 8 nitrogen and oxygen atoms in total. The third kappa shape index (κ3) is 5.45. The van der Waals surface area contributed by atoms with Gasteiger partial charge in [0, 0.05) is 20.6 Å². The van der Waals surface area contributed by atoms with Gasteiger partial charge >= 0.3 is 0 Å². The smallest absolute Gasteiger partial charge is 0.191 e. The van der Waals surface area contributed by atoms with Gasteiger partial charge in [-0.05, 0) is 30.7 Å². The van der Waals surface area contributed by atoms with Crippen LogP contribution in [-0.2, 0) is 13.6 Å². The summed E-state index contributed by atoms with van der Waals surface area (Å²) < 4.78 is 12.5. The number of nitrogens with zero attached hydrogens (tertiary/aromatic N) is 4. The molecule has 0 fully saturated rings. The number of aromatic nitrogens is 3. The Morgan fingerprint density at radius 2 is 1.96 bits per heavy atom. The average molecular weight is 332 g/mol. The number of aliphatic imine (C=N–C) groups is 1. The summed E-state index contributed by atoms with van der Waals surface area (Å²) in [7, 11) is 5.24. The first-order chi connectivity index (χ1) is 11.7. The number of methoxy groups -OCH3 is 1. The number of hydrogen-bond acceptors (Lipinski definition) is 5. The summed E-state index contributed by atoms with van der Waals surface area (Å²) in [5.74, 6) is 3.23. The van der Waals surface area contributed by atoms with Crippen molar-refractivity contribution in [2.75, 3.05) is 27.3 Å². The number of hydrogen-bond donors (Lipinski definition) is 2. The lowest BCUT2D eigenvalue weighted by molar-refractivity contribution is 0.310. The minimum Gasteiger partial charge on any atom is -0.497 e. The molecular formula is C16H24N6O2. The first-order valence-electron chi connectivity index (χ1n) is 7.77. The van der Waals surface area contributed by atoms with Gasteiger partial charge in [0.05, 0.1) is 20.3 Å². The molecular weight excluding hydrogens is 308 g/mol. The fraction of sp³-hybridized carbons (Fsp3) is 0.438. The van der Waals surface area contributed by atoms with Crippen molar-refractivity contribution in [2.24, 2.45) is 12.0 Å². The fourth-order valence-electron chi connectivity index (χ4n) is 2.00. The Morgan fingerprint density at radius 1 is 1.21 bits per heavy atom. The van der Waals surface area contributed by atoms with Gasteiger partial charge in [0.1, 0.15) is 23.7 Å². The van der Waals surface area contributed by atoms with Crippen molar-refractivity contribution in [3.8, 4) is 11.5 Å². The Balaban J connectivity index is 1.62. The van der Waals surface area contributed by atoms with Crippen molar-refractivity contribution >= 4 is 5.96 Å². The van der Waals surface area contributed by atoms with Crippen LogP contribution in [0.2, 0.25) is 0 Å². The average Bonchev–Trinajstić information content (AvgIpc) is 3.03. The Morgan fingerprint density at radius 3 is 2.58 bits per heavy atom. The lowest BCUT2D eigenvalue weighted by atomic mass is 10.3. The van der Waals surface area contributed by atoms with Crippen LogP contribution in [0.4, 0.5) is 0 Å². The first-order valence-corrected chi connectivity index (χ1v) is 7.77. The normalized spacial score (nSPS) is 11.2. The second-order valence-corrected chi connectivity index (χ2v) is 5.03. The number of nitrogens with one attached hydrogen (secondary N) is 2. The van der Waals surface area contributed by atoms with Crippen molar-refractivity contribution in [1.29, 1.82) is 0 Å². The van der Waals surface area contributed by atoms with Gasteiger partial charge in [-0.3, -0.25) is 9.67 Å². The van der Waals surface area contributed by atoms with Crippen LogP contribution < -0.4 is 20.1 Å². The third-order valence-electron chi connectivity index (χ3n) is 3.38. The highest BCUT2D eigenvalue weighted by atomic mass is 16.5. The summed E-state index contributed by atoms with van der Waals surface area (Å²) >= 11 is 0. The summed E-state index contributed by atoms with van der Waals surface area (Å²) in [5, 5.41) is 10.5. The van der Waals surface area contributed by atoms with Crippen LogP contribution in [0.3, 0.4) is 0 Å². The molecule has 1 heterocycles. The predicted octanol–water partition coefficient (Wildman–Crippen LogP) is 0.958. The molecule has 1 aromatic heterocycles. The molecule has 1 aromatic carbocycles. The zero-order valence-electron chi connectivity index (χ0n) is 14.3. The number of aryl methyl sites for hydroxylation is 1. The van der Waals surface area contributed by atoms with E-state index in [2.05, 4.69) is 25.7 Å². The van der Waals surface area contributed by atoms with E-state index in [1.165, 1.54) is 6.33 Å². The molecule has 0 unspecified atom stereocenters. The molecule has 130 valence electrons. The maximum atomic E-state index is 5.68. The highest BCUT2D eigenvalue weighted by molar-refractivity contribution is 5.79. The SMILES string of the molecule is CN=C(NCCCOc1ccc(OC)cc1)NCc1ncnn1C. The maximum Gasteiger partial charge on any atom is 0.191 e. The molecule has 0 atom stereocenters.